The average Bonchev–Trinajstić information content (AvgIpc) is 2.38. The van der Waals surface area contributed by atoms with Crippen LogP contribution in [0.4, 0.5) is 0 Å². The predicted octanol–water partition coefficient (Wildman–Crippen LogP) is -0.266. The van der Waals surface area contributed by atoms with Gasteiger partial charge in [0.15, 0.2) is 0 Å². The van der Waals surface area contributed by atoms with E-state index >= 15 is 0 Å². The zero-order valence-corrected chi connectivity index (χ0v) is 10.8. The number of rotatable bonds is 8. The number of carbonyl (C=O) groups excluding carboxylic acids is 1. The summed E-state index contributed by atoms with van der Waals surface area (Å²) >= 11 is 0. The van der Waals surface area contributed by atoms with E-state index in [4.69, 9.17) is 15.9 Å². The number of hydrogen-bond donors (Lipinski definition) is 5. The summed E-state index contributed by atoms with van der Waals surface area (Å²) < 4.78 is 0. The molecule has 0 spiro atoms. The Morgan fingerprint density at radius 2 is 1.85 bits per heavy atom. The van der Waals surface area contributed by atoms with Crippen molar-refractivity contribution in [2.75, 3.05) is 6.54 Å². The number of aliphatic hydroxyl groups excluding tert-OH is 1. The summed E-state index contributed by atoms with van der Waals surface area (Å²) in [6, 6.07) is 5.00. The fourth-order valence-electron chi connectivity index (χ4n) is 1.67. The second kappa shape index (κ2) is 7.46. The summed E-state index contributed by atoms with van der Waals surface area (Å²) in [6.45, 7) is 0.0144. The number of nitrogens with one attached hydrogen (secondary N) is 1. The van der Waals surface area contributed by atoms with Crippen LogP contribution in [0, 0.1) is 0 Å². The first-order valence-corrected chi connectivity index (χ1v) is 6.11. The summed E-state index contributed by atoms with van der Waals surface area (Å²) in [7, 11) is 0. The van der Waals surface area contributed by atoms with Crippen molar-refractivity contribution in [2.24, 2.45) is 5.73 Å². The van der Waals surface area contributed by atoms with Crippen LogP contribution >= 0.6 is 0 Å². The van der Waals surface area contributed by atoms with Crippen molar-refractivity contribution in [2.45, 2.75) is 25.0 Å². The highest BCUT2D eigenvalue weighted by Crippen LogP contribution is 2.16. The Morgan fingerprint density at radius 3 is 2.35 bits per heavy atom. The lowest BCUT2D eigenvalue weighted by molar-refractivity contribution is -0.139. The molecule has 0 radical (unpaired) electrons. The standard InChI is InChI=1S/C13H18N2O5/c14-12(18)6-5-10(13(19)20)15-7-11(17)8-1-3-9(16)4-2-8/h1-4,10-11,15-17H,5-7H2,(H2,14,18)(H,19,20)/t10-,11?/m0/s1. The first-order valence-electron chi connectivity index (χ1n) is 6.11. The number of aromatic hydroxyl groups is 1. The minimum absolute atomic E-state index is 0.0144. The van der Waals surface area contributed by atoms with Crippen LogP contribution in [-0.2, 0) is 9.59 Å². The van der Waals surface area contributed by atoms with Gasteiger partial charge in [-0.3, -0.25) is 9.59 Å². The second-order valence-electron chi connectivity index (χ2n) is 4.41. The number of carboxylic acid groups (broad SMARTS) is 1. The fraction of sp³-hybridized carbons (Fsp3) is 0.385. The number of carbonyl (C=O) groups is 2. The van der Waals surface area contributed by atoms with Gasteiger partial charge in [-0.2, -0.15) is 0 Å². The molecule has 0 aromatic heterocycles. The Kier molecular flexibility index (Phi) is 5.95. The maximum Gasteiger partial charge on any atom is 0.320 e. The molecule has 0 saturated heterocycles. The monoisotopic (exact) mass is 282 g/mol. The molecule has 2 atom stereocenters. The fourth-order valence-corrected chi connectivity index (χ4v) is 1.67. The number of phenolic OH excluding ortho intramolecular Hbond substituents is 1. The Hall–Kier alpha value is -2.12. The van der Waals surface area contributed by atoms with Gasteiger partial charge in [0.1, 0.15) is 11.8 Å². The van der Waals surface area contributed by atoms with Crippen molar-refractivity contribution in [3.05, 3.63) is 29.8 Å². The lowest BCUT2D eigenvalue weighted by Crippen LogP contribution is -2.39. The van der Waals surface area contributed by atoms with Gasteiger partial charge < -0.3 is 26.4 Å². The molecular weight excluding hydrogens is 264 g/mol. The van der Waals surface area contributed by atoms with E-state index in [1.54, 1.807) is 12.1 Å². The molecule has 20 heavy (non-hydrogen) atoms. The van der Waals surface area contributed by atoms with Crippen molar-refractivity contribution < 1.29 is 24.9 Å². The number of aliphatic carboxylic acids is 1. The number of primary amides is 1. The molecule has 1 aromatic carbocycles. The number of nitrogens with two attached hydrogens (primary N) is 1. The number of aliphatic hydroxyl groups is 1. The van der Waals surface area contributed by atoms with Crippen LogP contribution < -0.4 is 11.1 Å². The molecule has 0 aliphatic heterocycles. The van der Waals surface area contributed by atoms with E-state index in [0.29, 0.717) is 5.56 Å². The Balaban J connectivity index is 2.51. The van der Waals surface area contributed by atoms with Crippen LogP contribution in [0.15, 0.2) is 24.3 Å². The zero-order chi connectivity index (χ0) is 15.1. The van der Waals surface area contributed by atoms with E-state index in [1.807, 2.05) is 0 Å². The average molecular weight is 282 g/mol. The lowest BCUT2D eigenvalue weighted by atomic mass is 10.1. The molecule has 0 heterocycles. The third-order valence-corrected chi connectivity index (χ3v) is 2.81. The van der Waals surface area contributed by atoms with Crippen LogP contribution in [0.3, 0.4) is 0 Å². The van der Waals surface area contributed by atoms with Crippen LogP contribution in [0.25, 0.3) is 0 Å². The molecule has 6 N–H and O–H groups in total. The van der Waals surface area contributed by atoms with Crippen molar-refractivity contribution in [3.63, 3.8) is 0 Å². The Morgan fingerprint density at radius 1 is 1.25 bits per heavy atom. The zero-order valence-electron chi connectivity index (χ0n) is 10.8. The van der Waals surface area contributed by atoms with Gasteiger partial charge in [0, 0.05) is 13.0 Å². The quantitative estimate of drug-likeness (QED) is 0.446. The third kappa shape index (κ3) is 5.25. The van der Waals surface area contributed by atoms with E-state index < -0.39 is 24.0 Å². The molecule has 1 aromatic rings. The highest BCUT2D eigenvalue weighted by molar-refractivity contribution is 5.77. The van der Waals surface area contributed by atoms with Gasteiger partial charge in [0.2, 0.25) is 5.91 Å². The normalized spacial score (nSPS) is 13.7. The van der Waals surface area contributed by atoms with Crippen molar-refractivity contribution in [1.82, 2.24) is 5.32 Å². The highest BCUT2D eigenvalue weighted by atomic mass is 16.4. The Labute approximate surface area is 116 Å². The topological polar surface area (TPSA) is 133 Å². The molecule has 0 bridgehead atoms. The molecule has 1 amide bonds. The summed E-state index contributed by atoms with van der Waals surface area (Å²) in [5.41, 5.74) is 5.52. The summed E-state index contributed by atoms with van der Waals surface area (Å²) in [5.74, 6) is -1.60. The molecule has 0 aliphatic carbocycles. The van der Waals surface area contributed by atoms with Crippen molar-refractivity contribution in [1.29, 1.82) is 0 Å². The summed E-state index contributed by atoms with van der Waals surface area (Å²) in [4.78, 5) is 21.6. The summed E-state index contributed by atoms with van der Waals surface area (Å²) in [5, 5.41) is 30.7. The number of carboxylic acids is 1. The number of amides is 1. The molecule has 1 rings (SSSR count). The van der Waals surface area contributed by atoms with Gasteiger partial charge in [-0.1, -0.05) is 12.1 Å². The molecule has 0 saturated carbocycles. The van der Waals surface area contributed by atoms with Crippen LogP contribution in [0.1, 0.15) is 24.5 Å². The van der Waals surface area contributed by atoms with Crippen LogP contribution in [0.5, 0.6) is 5.75 Å². The minimum Gasteiger partial charge on any atom is -0.508 e. The first kappa shape index (κ1) is 15.9. The molecule has 110 valence electrons. The van der Waals surface area contributed by atoms with Gasteiger partial charge in [-0.15, -0.1) is 0 Å². The maximum absolute atomic E-state index is 11.0. The van der Waals surface area contributed by atoms with Crippen molar-refractivity contribution >= 4 is 11.9 Å². The smallest absolute Gasteiger partial charge is 0.320 e. The molecule has 0 aliphatic rings. The predicted molar refractivity (Wildman–Crippen MR) is 70.9 cm³/mol. The van der Waals surface area contributed by atoms with Gasteiger partial charge in [0.05, 0.1) is 6.10 Å². The van der Waals surface area contributed by atoms with Crippen molar-refractivity contribution in [3.8, 4) is 5.75 Å². The van der Waals surface area contributed by atoms with Crippen LogP contribution in [-0.4, -0.2) is 39.8 Å². The molecular formula is C13H18N2O5. The SMILES string of the molecule is NC(=O)CC[C@H](NCC(O)c1ccc(O)cc1)C(=O)O. The minimum atomic E-state index is -1.11. The number of hydrogen-bond acceptors (Lipinski definition) is 5. The first-order chi connectivity index (χ1) is 9.40. The third-order valence-electron chi connectivity index (χ3n) is 2.81. The van der Waals surface area contributed by atoms with Gasteiger partial charge in [-0.05, 0) is 24.1 Å². The molecule has 7 nitrogen and oxygen atoms in total. The number of benzene rings is 1. The second-order valence-corrected chi connectivity index (χ2v) is 4.41. The Bertz CT molecular complexity index is 460. The van der Waals surface area contributed by atoms with E-state index in [-0.39, 0.29) is 25.1 Å². The van der Waals surface area contributed by atoms with E-state index in [1.165, 1.54) is 12.1 Å². The van der Waals surface area contributed by atoms with Gasteiger partial charge >= 0.3 is 5.97 Å². The summed E-state index contributed by atoms with van der Waals surface area (Å²) in [6.07, 6.45) is -0.891. The highest BCUT2D eigenvalue weighted by Gasteiger charge is 2.19. The van der Waals surface area contributed by atoms with Gasteiger partial charge in [-0.25, -0.2) is 0 Å². The number of phenols is 1. The molecule has 0 fully saturated rings. The van der Waals surface area contributed by atoms with E-state index in [9.17, 15) is 14.7 Å². The van der Waals surface area contributed by atoms with E-state index in [2.05, 4.69) is 5.32 Å². The largest absolute Gasteiger partial charge is 0.508 e. The van der Waals surface area contributed by atoms with Gasteiger partial charge in [0.25, 0.3) is 0 Å². The molecule has 7 heteroatoms. The van der Waals surface area contributed by atoms with E-state index in [0.717, 1.165) is 0 Å². The lowest BCUT2D eigenvalue weighted by Gasteiger charge is -2.17. The van der Waals surface area contributed by atoms with Crippen LogP contribution in [0.2, 0.25) is 0 Å². The maximum atomic E-state index is 11.0. The molecule has 1 unspecified atom stereocenters.